The Balaban J connectivity index is 1.50. The van der Waals surface area contributed by atoms with Crippen LogP contribution in [0.5, 0.6) is 5.75 Å². The first-order valence-corrected chi connectivity index (χ1v) is 10.7. The van der Waals surface area contributed by atoms with Crippen LogP contribution in [-0.4, -0.2) is 25.8 Å². The molecule has 0 aromatic heterocycles. The number of ether oxygens (including phenoxy) is 1. The molecule has 2 aromatic carbocycles. The summed E-state index contributed by atoms with van der Waals surface area (Å²) in [6.45, 7) is 1.56. The Morgan fingerprint density at radius 3 is 1.79 bits per heavy atom. The fraction of sp³-hybridized carbons (Fsp3) is 0.440. The third-order valence-electron chi connectivity index (χ3n) is 5.01. The molecule has 2 rings (SSSR count). The molecule has 0 aliphatic rings. The highest BCUT2D eigenvalue weighted by Crippen LogP contribution is 2.23. The Bertz CT molecular complexity index is 695. The summed E-state index contributed by atoms with van der Waals surface area (Å²) in [5, 5.41) is 2.70. The average molecular weight is 395 g/mol. The molecule has 0 fully saturated rings. The van der Waals surface area contributed by atoms with Gasteiger partial charge in [-0.1, -0.05) is 81.3 Å². The summed E-state index contributed by atoms with van der Waals surface area (Å²) >= 11 is 0. The molecule has 0 unspecified atom stereocenters. The number of carbonyl (C=O) groups is 1. The minimum Gasteiger partial charge on any atom is -0.494 e. The second-order valence-corrected chi connectivity index (χ2v) is 7.31. The van der Waals surface area contributed by atoms with E-state index in [0.717, 1.165) is 49.3 Å². The number of nitrogens with one attached hydrogen (secondary N) is 1. The average Bonchev–Trinajstić information content (AvgIpc) is 2.77. The van der Waals surface area contributed by atoms with E-state index in [1.165, 1.54) is 44.9 Å². The van der Waals surface area contributed by atoms with Gasteiger partial charge in [0.1, 0.15) is 5.75 Å². The number of hydrogen-bond acceptors (Lipinski definition) is 3. The molecule has 29 heavy (non-hydrogen) atoms. The van der Waals surface area contributed by atoms with Crippen molar-refractivity contribution in [2.45, 2.75) is 57.8 Å². The van der Waals surface area contributed by atoms with Gasteiger partial charge in [-0.2, -0.15) is 0 Å². The molecule has 0 aliphatic carbocycles. The molecular formula is C25H32NO3. The van der Waals surface area contributed by atoms with Gasteiger partial charge in [0.2, 0.25) is 12.7 Å². The summed E-state index contributed by atoms with van der Waals surface area (Å²) in [5.74, 6) is 0.899. The van der Waals surface area contributed by atoms with Crippen LogP contribution in [0.2, 0.25) is 0 Å². The number of hydrogen-bond donors (Lipinski definition) is 1. The lowest BCUT2D eigenvalue weighted by molar-refractivity contribution is -0.109. The maximum Gasteiger partial charge on any atom is 0.233 e. The molecule has 0 saturated heterocycles. The molecule has 0 aliphatic heterocycles. The predicted molar refractivity (Wildman–Crippen MR) is 118 cm³/mol. The summed E-state index contributed by atoms with van der Waals surface area (Å²) in [5.41, 5.74) is 2.75. The monoisotopic (exact) mass is 394 g/mol. The Kier molecular flexibility index (Phi) is 11.2. The van der Waals surface area contributed by atoms with E-state index in [2.05, 4.69) is 5.32 Å². The zero-order chi connectivity index (χ0) is 20.6. The topological polar surface area (TPSA) is 55.4 Å². The Morgan fingerprint density at radius 1 is 0.724 bits per heavy atom. The quantitative estimate of drug-likeness (QED) is 0.304. The first-order chi connectivity index (χ1) is 14.3. The van der Waals surface area contributed by atoms with E-state index >= 15 is 0 Å². The van der Waals surface area contributed by atoms with E-state index in [4.69, 9.17) is 4.74 Å². The predicted octanol–water partition coefficient (Wildman–Crippen LogP) is 5.45. The Morgan fingerprint density at radius 2 is 1.24 bits per heavy atom. The zero-order valence-electron chi connectivity index (χ0n) is 17.2. The van der Waals surface area contributed by atoms with Crippen molar-refractivity contribution in [2.24, 2.45) is 0 Å². The number of amides is 1. The van der Waals surface area contributed by atoms with Gasteiger partial charge >= 0.3 is 0 Å². The van der Waals surface area contributed by atoms with Crippen molar-refractivity contribution >= 4 is 12.7 Å². The molecule has 0 spiro atoms. The smallest absolute Gasteiger partial charge is 0.233 e. The SMILES string of the molecule is O=[C]c1ccc(-c2ccc(OCCCCCCCCCCCNC=O)cc2)cc1. The molecule has 155 valence electrons. The van der Waals surface area contributed by atoms with Crippen LogP contribution >= 0.6 is 0 Å². The highest BCUT2D eigenvalue weighted by Gasteiger charge is 2.00. The van der Waals surface area contributed by atoms with E-state index in [0.29, 0.717) is 5.56 Å². The van der Waals surface area contributed by atoms with E-state index in [1.54, 1.807) is 12.1 Å². The van der Waals surface area contributed by atoms with Crippen molar-refractivity contribution < 1.29 is 14.3 Å². The molecule has 0 heterocycles. The van der Waals surface area contributed by atoms with Crippen molar-refractivity contribution in [1.29, 1.82) is 0 Å². The van der Waals surface area contributed by atoms with Gasteiger partial charge in [0.15, 0.2) is 0 Å². The van der Waals surface area contributed by atoms with Crippen molar-refractivity contribution in [3.05, 3.63) is 54.1 Å². The second kappa shape index (κ2) is 14.4. The van der Waals surface area contributed by atoms with Crippen LogP contribution in [0.25, 0.3) is 11.1 Å². The molecule has 2 aromatic rings. The Hall–Kier alpha value is -2.62. The van der Waals surface area contributed by atoms with Crippen LogP contribution in [0.4, 0.5) is 0 Å². The standard InChI is InChI=1S/C25H32NO3/c27-20-22-10-12-23(13-11-22)24-14-16-25(17-15-24)29-19-9-7-5-3-1-2-4-6-8-18-26-21-28/h10-17,21H,1-9,18-19H2,(H,26,28). The molecule has 0 bridgehead atoms. The summed E-state index contributed by atoms with van der Waals surface area (Å²) in [6, 6.07) is 15.5. The molecule has 1 radical (unpaired) electrons. The van der Waals surface area contributed by atoms with Gasteiger partial charge in [0, 0.05) is 12.1 Å². The maximum absolute atomic E-state index is 10.6. The highest BCUT2D eigenvalue weighted by molar-refractivity contribution is 5.77. The first kappa shape index (κ1) is 22.7. The van der Waals surface area contributed by atoms with Gasteiger partial charge in [0.25, 0.3) is 0 Å². The molecule has 0 atom stereocenters. The van der Waals surface area contributed by atoms with Crippen LogP contribution in [0.1, 0.15) is 63.4 Å². The highest BCUT2D eigenvalue weighted by atomic mass is 16.5. The molecule has 4 heteroatoms. The van der Waals surface area contributed by atoms with Gasteiger partial charge in [-0.05, 0) is 36.1 Å². The van der Waals surface area contributed by atoms with Gasteiger partial charge in [-0.25, -0.2) is 0 Å². The van der Waals surface area contributed by atoms with Crippen molar-refractivity contribution in [1.82, 2.24) is 5.32 Å². The largest absolute Gasteiger partial charge is 0.494 e. The van der Waals surface area contributed by atoms with Gasteiger partial charge in [-0.3, -0.25) is 9.59 Å². The fourth-order valence-electron chi connectivity index (χ4n) is 3.29. The lowest BCUT2D eigenvalue weighted by atomic mass is 10.0. The van der Waals surface area contributed by atoms with E-state index < -0.39 is 0 Å². The second-order valence-electron chi connectivity index (χ2n) is 7.31. The minimum absolute atomic E-state index is 0.567. The number of rotatable bonds is 16. The summed E-state index contributed by atoms with van der Waals surface area (Å²) in [7, 11) is 0. The minimum atomic E-state index is 0.567. The third-order valence-corrected chi connectivity index (χ3v) is 5.01. The molecule has 4 nitrogen and oxygen atoms in total. The van der Waals surface area contributed by atoms with E-state index in [9.17, 15) is 9.59 Å². The first-order valence-electron chi connectivity index (χ1n) is 10.7. The van der Waals surface area contributed by atoms with Crippen molar-refractivity contribution in [3.63, 3.8) is 0 Å². The molecule has 1 amide bonds. The van der Waals surface area contributed by atoms with Gasteiger partial charge in [0.05, 0.1) is 6.61 Å². The lowest BCUT2D eigenvalue weighted by Gasteiger charge is -2.08. The van der Waals surface area contributed by atoms with Crippen LogP contribution in [0, 0.1) is 0 Å². The van der Waals surface area contributed by atoms with Gasteiger partial charge in [-0.15, -0.1) is 0 Å². The van der Waals surface area contributed by atoms with E-state index in [1.807, 2.05) is 42.7 Å². The van der Waals surface area contributed by atoms with Crippen molar-refractivity contribution in [2.75, 3.05) is 13.2 Å². The van der Waals surface area contributed by atoms with Crippen LogP contribution < -0.4 is 10.1 Å². The van der Waals surface area contributed by atoms with Crippen LogP contribution in [-0.2, 0) is 9.59 Å². The summed E-state index contributed by atoms with van der Waals surface area (Å²) in [4.78, 5) is 20.7. The number of carbonyl (C=O) groups excluding carboxylic acids is 2. The normalized spacial score (nSPS) is 10.5. The van der Waals surface area contributed by atoms with Crippen LogP contribution in [0.3, 0.4) is 0 Å². The maximum atomic E-state index is 10.6. The molecule has 1 N–H and O–H groups in total. The number of benzene rings is 2. The summed E-state index contributed by atoms with van der Waals surface area (Å²) < 4.78 is 5.84. The Labute approximate surface area is 174 Å². The fourth-order valence-corrected chi connectivity index (χ4v) is 3.29. The lowest BCUT2D eigenvalue weighted by Crippen LogP contribution is -2.11. The van der Waals surface area contributed by atoms with Crippen LogP contribution in [0.15, 0.2) is 48.5 Å². The zero-order valence-corrected chi connectivity index (χ0v) is 17.2. The molecular weight excluding hydrogens is 362 g/mol. The van der Waals surface area contributed by atoms with Gasteiger partial charge < -0.3 is 10.1 Å². The number of unbranched alkanes of at least 4 members (excludes halogenated alkanes) is 8. The third kappa shape index (κ3) is 9.42. The molecule has 0 saturated carbocycles. The van der Waals surface area contributed by atoms with Crippen molar-refractivity contribution in [3.8, 4) is 16.9 Å². The summed E-state index contributed by atoms with van der Waals surface area (Å²) in [6.07, 6.45) is 13.7. The van der Waals surface area contributed by atoms with E-state index in [-0.39, 0.29) is 0 Å².